The molecule has 2 aromatic carbocycles. The monoisotopic (exact) mass is 862 g/mol. The Hall–Kier alpha value is -2.92. The minimum Gasteiger partial charge on any atom is -0.497 e. The summed E-state index contributed by atoms with van der Waals surface area (Å²) in [7, 11) is 10.4. The van der Waals surface area contributed by atoms with Crippen molar-refractivity contribution < 1.29 is 28.5 Å². The highest BCUT2D eigenvalue weighted by Gasteiger charge is 2.67. The van der Waals surface area contributed by atoms with Crippen molar-refractivity contribution in [1.29, 1.82) is 0 Å². The second-order valence-corrected chi connectivity index (χ2v) is 15.8. The van der Waals surface area contributed by atoms with E-state index in [-0.39, 0.29) is 65.0 Å². The molecule has 5 N–H and O–H groups in total. The number of amidine groups is 1. The lowest BCUT2D eigenvalue weighted by Gasteiger charge is -2.45. The van der Waals surface area contributed by atoms with Crippen LogP contribution < -0.4 is 21.4 Å². The van der Waals surface area contributed by atoms with Crippen LogP contribution in [0, 0.1) is 10.8 Å². The molecule has 2 amide bonds. The van der Waals surface area contributed by atoms with Crippen LogP contribution >= 0.6 is 35.7 Å². The van der Waals surface area contributed by atoms with Crippen molar-refractivity contribution in [3.8, 4) is 11.5 Å². The topological polar surface area (TPSA) is 163 Å². The molecular formula is C39H55IN6O6S. The zero-order chi connectivity index (χ0) is 36.3. The molecule has 2 atom stereocenters. The Morgan fingerprint density at radius 3 is 1.47 bits per heavy atom. The smallest absolute Gasteiger partial charge is 0.262 e. The number of thioether (sulfide) groups is 1. The maximum atomic E-state index is 13.6. The lowest BCUT2D eigenvalue weighted by Crippen LogP contribution is -2.51. The van der Waals surface area contributed by atoms with Crippen molar-refractivity contribution in [3.05, 3.63) is 58.7 Å². The average molecular weight is 863 g/mol. The molecule has 8 rings (SSSR count). The number of hydrogen-bond acceptors (Lipinski definition) is 11. The van der Waals surface area contributed by atoms with Gasteiger partial charge in [-0.2, -0.15) is 0 Å². The molecule has 12 nitrogen and oxygen atoms in total. The van der Waals surface area contributed by atoms with Crippen LogP contribution in [0.4, 0.5) is 0 Å². The van der Waals surface area contributed by atoms with Gasteiger partial charge in [0.05, 0.1) is 26.4 Å². The minimum absolute atomic E-state index is 0. The molecule has 6 aliphatic rings. The lowest BCUT2D eigenvalue weighted by atomic mass is 9.61. The number of ether oxygens (including phenoxy) is 4. The second kappa shape index (κ2) is 15.3. The number of nitrogens with two attached hydrogens (primary N) is 1. The van der Waals surface area contributed by atoms with Crippen molar-refractivity contribution in [2.75, 3.05) is 48.8 Å². The summed E-state index contributed by atoms with van der Waals surface area (Å²) in [6.45, 7) is 0. The summed E-state index contributed by atoms with van der Waals surface area (Å²) in [5.74, 6) is 1.91. The first-order chi connectivity index (χ1) is 24.5. The second-order valence-electron chi connectivity index (χ2n) is 15.0. The predicted molar refractivity (Wildman–Crippen MR) is 219 cm³/mol. The average Bonchev–Trinajstić information content (AvgIpc) is 3.77. The molecule has 2 heterocycles. The van der Waals surface area contributed by atoms with Gasteiger partial charge in [0.25, 0.3) is 11.8 Å². The molecular weight excluding hydrogens is 807 g/mol. The molecule has 53 heavy (non-hydrogen) atoms. The van der Waals surface area contributed by atoms with Crippen molar-refractivity contribution >= 4 is 58.7 Å². The third-order valence-corrected chi connectivity index (χ3v) is 13.8. The molecule has 2 aromatic rings. The van der Waals surface area contributed by atoms with E-state index in [1.807, 2.05) is 37.6 Å². The molecule has 0 bridgehead atoms. The van der Waals surface area contributed by atoms with Gasteiger partial charge in [0.1, 0.15) is 11.5 Å². The summed E-state index contributed by atoms with van der Waals surface area (Å²) in [6, 6.07) is 12.2. The third kappa shape index (κ3) is 5.96. The molecule has 0 aromatic heterocycles. The van der Waals surface area contributed by atoms with E-state index in [1.165, 1.54) is 16.0 Å². The number of rotatable bonds is 4. The quantitative estimate of drug-likeness (QED) is 0.362. The van der Waals surface area contributed by atoms with Gasteiger partial charge in [-0.25, -0.2) is 9.98 Å². The van der Waals surface area contributed by atoms with Crippen LogP contribution in [0.15, 0.2) is 46.4 Å². The summed E-state index contributed by atoms with van der Waals surface area (Å²) >= 11 is 1.54. The summed E-state index contributed by atoms with van der Waals surface area (Å²) in [5.41, 5.74) is 8.36. The number of halogens is 1. The summed E-state index contributed by atoms with van der Waals surface area (Å²) in [5, 5.41) is 0.805. The lowest BCUT2D eigenvalue weighted by molar-refractivity contribution is -0.138. The van der Waals surface area contributed by atoms with Gasteiger partial charge < -0.3 is 30.8 Å². The Bertz CT molecular complexity index is 1790. The molecule has 2 unspecified atom stereocenters. The number of carbonyl (C=O) groups excluding carboxylic acids is 2. The van der Waals surface area contributed by atoms with E-state index in [1.54, 1.807) is 52.1 Å². The minimum atomic E-state index is -0.922. The Morgan fingerprint density at radius 1 is 0.717 bits per heavy atom. The number of methoxy groups -OCH3 is 4. The molecule has 0 saturated heterocycles. The fourth-order valence-corrected chi connectivity index (χ4v) is 10.8. The summed E-state index contributed by atoms with van der Waals surface area (Å²) in [4.78, 5) is 40.1. The van der Waals surface area contributed by atoms with E-state index in [0.29, 0.717) is 5.96 Å². The Morgan fingerprint density at radius 2 is 1.13 bits per heavy atom. The fraction of sp³-hybridized carbons (Fsp3) is 0.590. The highest BCUT2D eigenvalue weighted by molar-refractivity contribution is 14.0. The number of aliphatic imine (C=N–C) groups is 2. The first kappa shape index (κ1) is 41.2. The third-order valence-electron chi connectivity index (χ3n) is 13.0. The Balaban J connectivity index is 0.000000197. The number of likely N-dealkylation sites (N-methyl/N-ethyl adjacent to an activating group) is 2. The Labute approximate surface area is 334 Å². The molecule has 2 aliphatic heterocycles. The van der Waals surface area contributed by atoms with Crippen molar-refractivity contribution in [1.82, 2.24) is 16.0 Å². The molecule has 4 aliphatic carbocycles. The van der Waals surface area contributed by atoms with Crippen molar-refractivity contribution in [2.45, 2.75) is 87.5 Å². The van der Waals surface area contributed by atoms with Gasteiger partial charge in [-0.15, -0.1) is 24.0 Å². The zero-order valence-electron chi connectivity index (χ0n) is 32.0. The van der Waals surface area contributed by atoms with Gasteiger partial charge in [-0.3, -0.25) is 19.4 Å². The highest BCUT2D eigenvalue weighted by atomic mass is 127. The van der Waals surface area contributed by atoms with E-state index < -0.39 is 11.1 Å². The number of guanidine groups is 1. The first-order valence-electron chi connectivity index (χ1n) is 17.9. The van der Waals surface area contributed by atoms with E-state index in [9.17, 15) is 9.59 Å². The maximum Gasteiger partial charge on any atom is 0.262 e. The SMILES string of the molecule is COc1ccc2c(c1)C1(N=C(N)N(C)C1=O)C1(CCC(OC)CC1)C2.COc1ccc2c(c1)C1(N=C(SC)N(C)C1=O)C1(CCC(OC)CC1)C2.I.N. The van der Waals surface area contributed by atoms with Crippen LogP contribution in [0.1, 0.15) is 73.6 Å². The summed E-state index contributed by atoms with van der Waals surface area (Å²) < 4.78 is 22.0. The van der Waals surface area contributed by atoms with Gasteiger partial charge >= 0.3 is 0 Å². The largest absolute Gasteiger partial charge is 0.497 e. The van der Waals surface area contributed by atoms with E-state index in [0.717, 1.165) is 92.0 Å². The number of benzene rings is 2. The number of fused-ring (bicyclic) bond motifs is 6. The normalized spacial score (nSPS) is 32.2. The fourth-order valence-electron chi connectivity index (χ4n) is 10.2. The van der Waals surface area contributed by atoms with Gasteiger partial charge in [0.2, 0.25) is 0 Å². The van der Waals surface area contributed by atoms with Crippen LogP contribution in [0.25, 0.3) is 0 Å². The highest BCUT2D eigenvalue weighted by Crippen LogP contribution is 2.64. The van der Waals surface area contributed by atoms with Gasteiger partial charge in [-0.1, -0.05) is 23.9 Å². The number of nitrogens with zero attached hydrogens (tertiary/aromatic N) is 4. The van der Waals surface area contributed by atoms with E-state index in [2.05, 4.69) is 12.1 Å². The Kier molecular flexibility index (Phi) is 11.9. The maximum absolute atomic E-state index is 13.6. The molecule has 4 spiro atoms. The number of carbonyl (C=O) groups is 2. The molecule has 0 radical (unpaired) electrons. The van der Waals surface area contributed by atoms with Crippen molar-refractivity contribution in [3.63, 3.8) is 0 Å². The van der Waals surface area contributed by atoms with Crippen LogP contribution in [-0.4, -0.2) is 93.7 Å². The van der Waals surface area contributed by atoms with Crippen molar-refractivity contribution in [2.24, 2.45) is 26.5 Å². The van der Waals surface area contributed by atoms with E-state index >= 15 is 0 Å². The molecule has 290 valence electrons. The van der Waals surface area contributed by atoms with Gasteiger partial charge in [0, 0.05) is 39.1 Å². The molecule has 2 fully saturated rings. The van der Waals surface area contributed by atoms with Gasteiger partial charge in [-0.05, 0) is 117 Å². The summed E-state index contributed by atoms with van der Waals surface area (Å²) in [6.07, 6.45) is 11.8. The van der Waals surface area contributed by atoms with Crippen LogP contribution in [0.2, 0.25) is 0 Å². The number of amides is 2. The van der Waals surface area contributed by atoms with Crippen LogP contribution in [-0.2, 0) is 43.0 Å². The number of hydrogen-bond donors (Lipinski definition) is 2. The van der Waals surface area contributed by atoms with Crippen LogP contribution in [0.5, 0.6) is 11.5 Å². The van der Waals surface area contributed by atoms with Crippen LogP contribution in [0.3, 0.4) is 0 Å². The van der Waals surface area contributed by atoms with E-state index in [4.69, 9.17) is 34.7 Å². The molecule has 2 saturated carbocycles. The standard InChI is InChI=1S/C20H26N2O3S.C19H25N3O3.HI.H3N/c1-22-17(23)20(21-18(22)26-4)16-11-15(25-3)6-5-13(16)12-19(20)9-7-14(24-2)8-10-19;1-22-16(23)19(21-17(22)20)15-10-14(25-3)5-4-12(15)11-18(19)8-6-13(24-2)7-9-18;;/h5-6,11,14H,7-10,12H2,1-4H3;4-5,10,13H,6-9,11H2,1-3H3,(H2,20,21);1H;1H3. The first-order valence-corrected chi connectivity index (χ1v) is 19.2. The molecule has 14 heteroatoms. The zero-order valence-corrected chi connectivity index (χ0v) is 35.2. The van der Waals surface area contributed by atoms with Gasteiger partial charge in [0.15, 0.2) is 22.2 Å². The predicted octanol–water partition coefficient (Wildman–Crippen LogP) is 5.80.